The lowest BCUT2D eigenvalue weighted by Gasteiger charge is -2.21. The van der Waals surface area contributed by atoms with Gasteiger partial charge in [0.25, 0.3) is 0 Å². The van der Waals surface area contributed by atoms with Crippen LogP contribution in [0.4, 0.5) is 0 Å². The van der Waals surface area contributed by atoms with E-state index in [1.807, 2.05) is 38.1 Å². The lowest BCUT2D eigenvalue weighted by molar-refractivity contribution is 0.335. The van der Waals surface area contributed by atoms with Crippen molar-refractivity contribution in [2.45, 2.75) is 62.9 Å². The van der Waals surface area contributed by atoms with Crippen LogP contribution in [0.15, 0.2) is 41.3 Å². The zero-order valence-corrected chi connectivity index (χ0v) is 14.2. The Labute approximate surface area is 134 Å². The van der Waals surface area contributed by atoms with Gasteiger partial charge in [0.1, 0.15) is 0 Å². The summed E-state index contributed by atoms with van der Waals surface area (Å²) in [5.74, 6) is 0.523. The van der Waals surface area contributed by atoms with Crippen LogP contribution in [-0.2, 0) is 10.0 Å². The van der Waals surface area contributed by atoms with Gasteiger partial charge in [0.05, 0.1) is 10.9 Å². The summed E-state index contributed by atoms with van der Waals surface area (Å²) in [4.78, 5) is 0.422. The normalized spacial score (nSPS) is 29.8. The first-order valence-corrected chi connectivity index (χ1v) is 9.73. The summed E-state index contributed by atoms with van der Waals surface area (Å²) in [5.41, 5.74) is 1.08. The number of rotatable bonds is 4. The van der Waals surface area contributed by atoms with Crippen molar-refractivity contribution in [1.82, 2.24) is 4.31 Å². The van der Waals surface area contributed by atoms with Gasteiger partial charge in [-0.3, -0.25) is 0 Å². The Bertz CT molecular complexity index is 642. The third kappa shape index (κ3) is 2.86. The fraction of sp³-hybridized carbons (Fsp3) is 0.556. The number of aryl methyl sites for hydroxylation is 1. The van der Waals surface area contributed by atoms with Gasteiger partial charge in [0.15, 0.2) is 0 Å². The van der Waals surface area contributed by atoms with E-state index >= 15 is 0 Å². The third-order valence-electron chi connectivity index (χ3n) is 4.97. The summed E-state index contributed by atoms with van der Waals surface area (Å²) in [7, 11) is -3.37. The Morgan fingerprint density at radius 3 is 2.32 bits per heavy atom. The van der Waals surface area contributed by atoms with Crippen LogP contribution in [0, 0.1) is 12.8 Å². The van der Waals surface area contributed by atoms with E-state index in [1.165, 1.54) is 32.1 Å². The minimum atomic E-state index is -3.37. The van der Waals surface area contributed by atoms with Crippen LogP contribution in [0.3, 0.4) is 0 Å². The first-order valence-electron chi connectivity index (χ1n) is 8.28. The number of hydrogen-bond donors (Lipinski definition) is 0. The number of hydrogen-bond acceptors (Lipinski definition) is 2. The standard InChI is InChI=1S/C18H25NO2S/c1-3-7-17-18(15-8-5-4-6-9-15)19(17)22(20,21)16-12-10-14(2)11-13-16/h3,7,10-13,15,17-18H,4-6,8-9H2,1-2H3/b7-3-. The molecule has 22 heavy (non-hydrogen) atoms. The Morgan fingerprint density at radius 2 is 1.73 bits per heavy atom. The first kappa shape index (κ1) is 15.8. The summed E-state index contributed by atoms with van der Waals surface area (Å²) >= 11 is 0. The molecule has 2 aliphatic rings. The monoisotopic (exact) mass is 319 g/mol. The minimum Gasteiger partial charge on any atom is -0.207 e. The minimum absolute atomic E-state index is 0.0550. The molecule has 1 saturated carbocycles. The Kier molecular flexibility index (Phi) is 4.42. The second-order valence-corrected chi connectivity index (χ2v) is 8.40. The highest BCUT2D eigenvalue weighted by Crippen LogP contribution is 2.45. The highest BCUT2D eigenvalue weighted by Gasteiger charge is 2.56. The van der Waals surface area contributed by atoms with Gasteiger partial charge in [0, 0.05) is 6.04 Å². The summed E-state index contributed by atoms with van der Waals surface area (Å²) in [5, 5.41) is 0. The fourth-order valence-corrected chi connectivity index (χ4v) is 5.56. The van der Waals surface area contributed by atoms with Crippen molar-refractivity contribution in [2.24, 2.45) is 5.92 Å². The number of nitrogens with zero attached hydrogens (tertiary/aromatic N) is 1. The lowest BCUT2D eigenvalue weighted by atomic mass is 9.86. The summed E-state index contributed by atoms with van der Waals surface area (Å²) in [6.45, 7) is 3.94. The van der Waals surface area contributed by atoms with E-state index in [9.17, 15) is 8.42 Å². The summed E-state index contributed by atoms with van der Waals surface area (Å²) in [6.07, 6.45) is 10.1. The van der Waals surface area contributed by atoms with Crippen LogP contribution in [0.5, 0.6) is 0 Å². The van der Waals surface area contributed by atoms with E-state index in [0.29, 0.717) is 10.8 Å². The van der Waals surface area contributed by atoms with Gasteiger partial charge in [-0.15, -0.1) is 0 Å². The molecular weight excluding hydrogens is 294 g/mol. The average Bonchev–Trinajstić information content (AvgIpc) is 3.24. The molecule has 0 N–H and O–H groups in total. The van der Waals surface area contributed by atoms with Crippen LogP contribution in [0.2, 0.25) is 0 Å². The molecule has 3 unspecified atom stereocenters. The Balaban J connectivity index is 1.86. The highest BCUT2D eigenvalue weighted by molar-refractivity contribution is 7.89. The smallest absolute Gasteiger partial charge is 0.207 e. The van der Waals surface area contributed by atoms with E-state index in [2.05, 4.69) is 0 Å². The molecule has 3 nitrogen and oxygen atoms in total. The first-order chi connectivity index (χ1) is 10.6. The van der Waals surface area contributed by atoms with E-state index in [4.69, 9.17) is 0 Å². The molecule has 0 spiro atoms. The van der Waals surface area contributed by atoms with Gasteiger partial charge in [0.2, 0.25) is 10.0 Å². The van der Waals surface area contributed by atoms with Crippen molar-refractivity contribution in [3.05, 3.63) is 42.0 Å². The van der Waals surface area contributed by atoms with Crippen LogP contribution < -0.4 is 0 Å². The Hall–Kier alpha value is -1.13. The molecule has 1 aliphatic carbocycles. The molecule has 3 atom stereocenters. The molecule has 1 aromatic carbocycles. The molecule has 1 heterocycles. The van der Waals surface area contributed by atoms with Crippen molar-refractivity contribution < 1.29 is 8.42 Å². The molecule has 4 heteroatoms. The number of sulfonamides is 1. The van der Waals surface area contributed by atoms with E-state index < -0.39 is 10.0 Å². The molecule has 0 amide bonds. The lowest BCUT2D eigenvalue weighted by Crippen LogP contribution is -2.21. The van der Waals surface area contributed by atoms with Gasteiger partial charge in [-0.2, -0.15) is 4.31 Å². The summed E-state index contributed by atoms with van der Waals surface area (Å²) < 4.78 is 27.6. The SMILES string of the molecule is C/C=C\C1C(C2CCCCC2)N1S(=O)(=O)c1ccc(C)cc1. The maximum atomic E-state index is 12.9. The van der Waals surface area contributed by atoms with Crippen LogP contribution in [0.1, 0.15) is 44.6 Å². The topological polar surface area (TPSA) is 37.1 Å². The van der Waals surface area contributed by atoms with Crippen molar-refractivity contribution in [3.8, 4) is 0 Å². The van der Waals surface area contributed by atoms with Crippen molar-refractivity contribution in [3.63, 3.8) is 0 Å². The van der Waals surface area contributed by atoms with E-state index in [0.717, 1.165) is 5.56 Å². The zero-order chi connectivity index (χ0) is 15.7. The average molecular weight is 319 g/mol. The van der Waals surface area contributed by atoms with Gasteiger partial charge < -0.3 is 0 Å². The fourth-order valence-electron chi connectivity index (χ4n) is 3.76. The van der Waals surface area contributed by atoms with Crippen molar-refractivity contribution >= 4 is 10.0 Å². The molecule has 1 saturated heterocycles. The molecule has 2 fully saturated rings. The maximum absolute atomic E-state index is 12.9. The molecule has 1 aliphatic heterocycles. The quantitative estimate of drug-likeness (QED) is 0.623. The van der Waals surface area contributed by atoms with Gasteiger partial charge in [-0.05, 0) is 44.7 Å². The molecule has 120 valence electrons. The van der Waals surface area contributed by atoms with Gasteiger partial charge >= 0.3 is 0 Å². The van der Waals surface area contributed by atoms with Crippen LogP contribution in [-0.4, -0.2) is 24.8 Å². The van der Waals surface area contributed by atoms with Crippen molar-refractivity contribution in [1.29, 1.82) is 0 Å². The highest BCUT2D eigenvalue weighted by atomic mass is 32.2. The molecule has 0 bridgehead atoms. The molecule has 0 aromatic heterocycles. The number of allylic oxidation sites excluding steroid dienone is 1. The zero-order valence-electron chi connectivity index (χ0n) is 13.4. The second-order valence-electron chi connectivity index (χ2n) is 6.55. The Morgan fingerprint density at radius 1 is 1.09 bits per heavy atom. The van der Waals surface area contributed by atoms with E-state index in [-0.39, 0.29) is 12.1 Å². The van der Waals surface area contributed by atoms with Crippen LogP contribution in [0.25, 0.3) is 0 Å². The molecule has 1 aromatic rings. The maximum Gasteiger partial charge on any atom is 0.243 e. The molecule has 0 radical (unpaired) electrons. The third-order valence-corrected chi connectivity index (χ3v) is 6.88. The summed E-state index contributed by atoms with van der Waals surface area (Å²) in [6, 6.07) is 7.43. The van der Waals surface area contributed by atoms with Crippen LogP contribution >= 0.6 is 0 Å². The van der Waals surface area contributed by atoms with Crippen molar-refractivity contribution in [2.75, 3.05) is 0 Å². The number of benzene rings is 1. The predicted molar refractivity (Wildman–Crippen MR) is 89.2 cm³/mol. The van der Waals surface area contributed by atoms with Gasteiger partial charge in [-0.25, -0.2) is 8.42 Å². The second kappa shape index (κ2) is 6.17. The predicted octanol–water partition coefficient (Wildman–Crippen LogP) is 3.89. The molecular formula is C18H25NO2S. The van der Waals surface area contributed by atoms with E-state index in [1.54, 1.807) is 16.4 Å². The van der Waals surface area contributed by atoms with Gasteiger partial charge in [-0.1, -0.05) is 49.1 Å². The molecule has 3 rings (SSSR count). The largest absolute Gasteiger partial charge is 0.243 e.